The van der Waals surface area contributed by atoms with Crippen molar-refractivity contribution in [2.24, 2.45) is 0 Å². The Morgan fingerprint density at radius 2 is 1.69 bits per heavy atom. The maximum atomic E-state index is 12.8. The number of hydrogen-bond acceptors (Lipinski definition) is 5. The van der Waals surface area contributed by atoms with Crippen LogP contribution in [-0.2, 0) is 10.3 Å². The lowest BCUT2D eigenvalue weighted by molar-refractivity contribution is 0.0897. The van der Waals surface area contributed by atoms with E-state index in [1.54, 1.807) is 12.4 Å². The number of carbonyl (C=O) groups excluding carboxylic acids is 1. The number of anilines is 1. The molecule has 6 nitrogen and oxygen atoms in total. The van der Waals surface area contributed by atoms with Gasteiger partial charge in [-0.1, -0.05) is 43.2 Å². The first-order valence-electron chi connectivity index (χ1n) is 9.30. The summed E-state index contributed by atoms with van der Waals surface area (Å²) >= 11 is 0. The van der Waals surface area contributed by atoms with Crippen LogP contribution in [-0.4, -0.2) is 42.2 Å². The van der Waals surface area contributed by atoms with Crippen LogP contribution in [0.5, 0.6) is 0 Å². The van der Waals surface area contributed by atoms with Gasteiger partial charge in [-0.25, -0.2) is 9.97 Å². The predicted octanol–water partition coefficient (Wildman–Crippen LogP) is 2.51. The second-order valence-electron chi connectivity index (χ2n) is 6.98. The molecule has 1 aromatic carbocycles. The smallest absolute Gasteiger partial charge is 0.255 e. The lowest BCUT2D eigenvalue weighted by Gasteiger charge is -2.31. The van der Waals surface area contributed by atoms with E-state index in [2.05, 4.69) is 32.3 Å². The Balaban J connectivity index is 1.50. The van der Waals surface area contributed by atoms with E-state index in [1.165, 1.54) is 5.56 Å². The van der Waals surface area contributed by atoms with Crippen LogP contribution >= 0.6 is 0 Å². The lowest BCUT2D eigenvalue weighted by Crippen LogP contribution is -2.44. The molecular formula is C20H24N4O2. The van der Waals surface area contributed by atoms with E-state index < -0.39 is 0 Å². The molecule has 2 aromatic rings. The van der Waals surface area contributed by atoms with Gasteiger partial charge in [0.2, 0.25) is 5.95 Å². The van der Waals surface area contributed by atoms with Gasteiger partial charge in [0.25, 0.3) is 5.91 Å². The van der Waals surface area contributed by atoms with Crippen LogP contribution in [0, 0.1) is 0 Å². The molecule has 1 aliphatic heterocycles. The summed E-state index contributed by atoms with van der Waals surface area (Å²) in [5.74, 6) is 0.549. The van der Waals surface area contributed by atoms with E-state index >= 15 is 0 Å². The first-order valence-corrected chi connectivity index (χ1v) is 9.30. The van der Waals surface area contributed by atoms with Crippen LogP contribution in [0.4, 0.5) is 5.95 Å². The molecule has 4 rings (SSSR count). The summed E-state index contributed by atoms with van der Waals surface area (Å²) in [5.41, 5.74) is 1.40. The van der Waals surface area contributed by atoms with Crippen molar-refractivity contribution in [3.63, 3.8) is 0 Å². The summed E-state index contributed by atoms with van der Waals surface area (Å²) in [6, 6.07) is 10.3. The molecule has 0 unspecified atom stereocenters. The summed E-state index contributed by atoms with van der Waals surface area (Å²) in [6.45, 7) is 2.93. The predicted molar refractivity (Wildman–Crippen MR) is 99.1 cm³/mol. The molecule has 2 fully saturated rings. The number of benzene rings is 1. The minimum absolute atomic E-state index is 0.107. The highest BCUT2D eigenvalue weighted by Crippen LogP contribution is 2.38. The monoisotopic (exact) mass is 352 g/mol. The fourth-order valence-corrected chi connectivity index (χ4v) is 3.88. The molecule has 6 heteroatoms. The third-order valence-electron chi connectivity index (χ3n) is 5.33. The van der Waals surface area contributed by atoms with E-state index in [-0.39, 0.29) is 11.4 Å². The molecule has 136 valence electrons. The van der Waals surface area contributed by atoms with E-state index in [0.717, 1.165) is 38.8 Å². The number of hydrogen-bond donors (Lipinski definition) is 1. The molecule has 0 atom stereocenters. The van der Waals surface area contributed by atoms with Crippen molar-refractivity contribution in [1.29, 1.82) is 0 Å². The van der Waals surface area contributed by atoms with Crippen LogP contribution in [0.3, 0.4) is 0 Å². The fraction of sp³-hybridized carbons (Fsp3) is 0.450. The molecule has 2 aliphatic rings. The van der Waals surface area contributed by atoms with E-state index in [0.29, 0.717) is 24.7 Å². The molecule has 1 aliphatic carbocycles. The second kappa shape index (κ2) is 7.41. The fourth-order valence-electron chi connectivity index (χ4n) is 3.88. The standard InChI is InChI=1S/C20H24N4O2/c25-18(16-14-21-19(22-15-16)24-10-12-26-13-11-24)23-20(8-4-5-9-20)17-6-2-1-3-7-17/h1-3,6-7,14-15H,4-5,8-13H2,(H,23,25). The molecule has 0 radical (unpaired) electrons. The molecule has 1 aromatic heterocycles. The number of amides is 1. The van der Waals surface area contributed by atoms with Gasteiger partial charge in [0.05, 0.1) is 24.3 Å². The van der Waals surface area contributed by atoms with E-state index in [1.807, 2.05) is 18.2 Å². The Kier molecular flexibility index (Phi) is 4.84. The molecule has 1 saturated heterocycles. The van der Waals surface area contributed by atoms with Crippen LogP contribution in [0.2, 0.25) is 0 Å². The number of nitrogens with one attached hydrogen (secondary N) is 1. The summed E-state index contributed by atoms with van der Waals surface area (Å²) in [4.78, 5) is 23.7. The van der Waals surface area contributed by atoms with Gasteiger partial charge in [0.15, 0.2) is 0 Å². The van der Waals surface area contributed by atoms with Gasteiger partial charge in [-0.3, -0.25) is 4.79 Å². The largest absolute Gasteiger partial charge is 0.378 e. The first-order chi connectivity index (χ1) is 12.8. The van der Waals surface area contributed by atoms with Crippen molar-refractivity contribution in [3.05, 3.63) is 53.9 Å². The SMILES string of the molecule is O=C(NC1(c2ccccc2)CCCC1)c1cnc(N2CCOCC2)nc1. The number of rotatable bonds is 4. The number of nitrogens with zero attached hydrogens (tertiary/aromatic N) is 3. The maximum absolute atomic E-state index is 12.8. The number of aromatic nitrogens is 2. The molecule has 26 heavy (non-hydrogen) atoms. The lowest BCUT2D eigenvalue weighted by atomic mass is 9.88. The maximum Gasteiger partial charge on any atom is 0.255 e. The number of morpholine rings is 1. The highest BCUT2D eigenvalue weighted by atomic mass is 16.5. The Morgan fingerprint density at radius 3 is 2.35 bits per heavy atom. The summed E-state index contributed by atoms with van der Waals surface area (Å²) in [5, 5.41) is 3.27. The van der Waals surface area contributed by atoms with Gasteiger partial charge in [-0.15, -0.1) is 0 Å². The van der Waals surface area contributed by atoms with Crippen molar-refractivity contribution in [1.82, 2.24) is 15.3 Å². The van der Waals surface area contributed by atoms with Crippen LogP contribution in [0.1, 0.15) is 41.6 Å². The number of carbonyl (C=O) groups is 1. The van der Waals surface area contributed by atoms with Gasteiger partial charge in [-0.2, -0.15) is 0 Å². The summed E-state index contributed by atoms with van der Waals surface area (Å²) in [7, 11) is 0. The van der Waals surface area contributed by atoms with Crippen molar-refractivity contribution in [2.75, 3.05) is 31.2 Å². The molecule has 1 amide bonds. The second-order valence-corrected chi connectivity index (χ2v) is 6.98. The molecule has 1 saturated carbocycles. The summed E-state index contributed by atoms with van der Waals surface area (Å²) < 4.78 is 5.35. The van der Waals surface area contributed by atoms with Crippen LogP contribution < -0.4 is 10.2 Å². The number of ether oxygens (including phenoxy) is 1. The Morgan fingerprint density at radius 1 is 1.04 bits per heavy atom. The van der Waals surface area contributed by atoms with Gasteiger partial charge in [0.1, 0.15) is 0 Å². The molecule has 0 spiro atoms. The van der Waals surface area contributed by atoms with E-state index in [4.69, 9.17) is 4.74 Å². The molecule has 1 N–H and O–H groups in total. The zero-order valence-corrected chi connectivity index (χ0v) is 14.9. The Labute approximate surface area is 153 Å². The average Bonchev–Trinajstić information content (AvgIpc) is 3.19. The molecule has 2 heterocycles. The van der Waals surface area contributed by atoms with Crippen molar-refractivity contribution in [2.45, 2.75) is 31.2 Å². The highest BCUT2D eigenvalue weighted by molar-refractivity contribution is 5.94. The third-order valence-corrected chi connectivity index (χ3v) is 5.33. The zero-order chi connectivity index (χ0) is 17.8. The Bertz CT molecular complexity index is 736. The zero-order valence-electron chi connectivity index (χ0n) is 14.9. The van der Waals surface area contributed by atoms with Crippen molar-refractivity contribution < 1.29 is 9.53 Å². The minimum Gasteiger partial charge on any atom is -0.378 e. The topological polar surface area (TPSA) is 67.4 Å². The Hall–Kier alpha value is -2.47. The average molecular weight is 352 g/mol. The first kappa shape index (κ1) is 17.0. The van der Waals surface area contributed by atoms with Crippen LogP contribution in [0.25, 0.3) is 0 Å². The summed E-state index contributed by atoms with van der Waals surface area (Å²) in [6.07, 6.45) is 7.44. The molecular weight excluding hydrogens is 328 g/mol. The molecule has 0 bridgehead atoms. The highest BCUT2D eigenvalue weighted by Gasteiger charge is 2.37. The minimum atomic E-state index is -0.277. The van der Waals surface area contributed by atoms with Gasteiger partial charge < -0.3 is 15.0 Å². The third kappa shape index (κ3) is 3.42. The van der Waals surface area contributed by atoms with Gasteiger partial charge in [0, 0.05) is 25.5 Å². The quantitative estimate of drug-likeness (QED) is 0.916. The van der Waals surface area contributed by atoms with Gasteiger partial charge in [-0.05, 0) is 18.4 Å². The normalized spacial score (nSPS) is 19.3. The van der Waals surface area contributed by atoms with Crippen molar-refractivity contribution in [3.8, 4) is 0 Å². The van der Waals surface area contributed by atoms with E-state index in [9.17, 15) is 4.79 Å². The van der Waals surface area contributed by atoms with Crippen molar-refractivity contribution >= 4 is 11.9 Å². The van der Waals surface area contributed by atoms with Crippen LogP contribution in [0.15, 0.2) is 42.7 Å². The van der Waals surface area contributed by atoms with Gasteiger partial charge >= 0.3 is 0 Å².